The first kappa shape index (κ1) is 12.2. The van der Waals surface area contributed by atoms with E-state index in [2.05, 4.69) is 19.9 Å². The van der Waals surface area contributed by atoms with E-state index in [1.807, 2.05) is 0 Å². The summed E-state index contributed by atoms with van der Waals surface area (Å²) < 4.78 is 31.6. The molecule has 0 saturated carbocycles. The Labute approximate surface area is 90.0 Å². The molecule has 0 atom stereocenters. The summed E-state index contributed by atoms with van der Waals surface area (Å²) in [6, 6.07) is 0. The van der Waals surface area contributed by atoms with Gasteiger partial charge in [0.1, 0.15) is 11.8 Å². The molecule has 2 heterocycles. The molecule has 0 radical (unpaired) electrons. The van der Waals surface area contributed by atoms with Crippen molar-refractivity contribution in [2.24, 2.45) is 0 Å². The monoisotopic (exact) mass is 245 g/mol. The zero-order valence-corrected chi connectivity index (χ0v) is 8.53. The third-order valence-corrected chi connectivity index (χ3v) is 1.30. The predicted molar refractivity (Wildman–Crippen MR) is 53.7 cm³/mol. The zero-order chi connectivity index (χ0) is 12.2. The van der Waals surface area contributed by atoms with Gasteiger partial charge < -0.3 is 5.73 Å². The van der Waals surface area contributed by atoms with Gasteiger partial charge in [0, 0.05) is 12.4 Å². The average Bonchev–Trinajstić information content (AvgIpc) is 2.16. The summed E-state index contributed by atoms with van der Waals surface area (Å²) in [5, 5.41) is 0. The Hall–Kier alpha value is -1.91. The molecule has 0 aromatic carbocycles. The van der Waals surface area contributed by atoms with Gasteiger partial charge in [-0.25, -0.2) is 19.9 Å². The van der Waals surface area contributed by atoms with Crippen LogP contribution in [0.1, 0.15) is 0 Å². The third kappa shape index (κ3) is 4.08. The van der Waals surface area contributed by atoms with Crippen molar-refractivity contribution in [2.45, 2.75) is 0 Å². The molecule has 0 saturated heterocycles. The molecule has 2 aromatic rings. The largest absolute Gasteiger partial charge is 0.394 e. The minimum Gasteiger partial charge on any atom is -0.382 e. The molecule has 2 rings (SSSR count). The summed E-state index contributed by atoms with van der Waals surface area (Å²) in [5.74, 6) is 0.364. The van der Waals surface area contributed by atoms with Gasteiger partial charge in [-0.15, -0.1) is 0 Å². The van der Waals surface area contributed by atoms with Crippen LogP contribution in [0.4, 0.5) is 5.82 Å². The Bertz CT molecular complexity index is 573. The number of nitrogens with two attached hydrogens (primary N) is 1. The minimum atomic E-state index is -4.67. The highest BCUT2D eigenvalue weighted by atomic mass is 32.3. The van der Waals surface area contributed by atoms with Gasteiger partial charge >= 0.3 is 10.4 Å². The molecule has 9 nitrogen and oxygen atoms in total. The number of fused-ring (bicyclic) bond motifs is 1. The summed E-state index contributed by atoms with van der Waals surface area (Å²) in [7, 11) is -4.67. The summed E-state index contributed by atoms with van der Waals surface area (Å²) in [6.45, 7) is 0. The first-order valence-corrected chi connectivity index (χ1v) is 5.14. The Morgan fingerprint density at radius 3 is 2.19 bits per heavy atom. The maximum Gasteiger partial charge on any atom is 0.394 e. The van der Waals surface area contributed by atoms with Gasteiger partial charge in [-0.3, -0.25) is 9.11 Å². The zero-order valence-electron chi connectivity index (χ0n) is 7.72. The van der Waals surface area contributed by atoms with Crippen LogP contribution in [0.25, 0.3) is 11.2 Å². The van der Waals surface area contributed by atoms with E-state index in [0.717, 1.165) is 0 Å². The second-order valence-electron chi connectivity index (χ2n) is 2.44. The fraction of sp³-hybridized carbons (Fsp3) is 0. The molecule has 0 aliphatic heterocycles. The molecule has 0 bridgehead atoms. The Balaban J connectivity index is 0.000000221. The highest BCUT2D eigenvalue weighted by Gasteiger charge is 1.98. The van der Waals surface area contributed by atoms with Crippen LogP contribution >= 0.6 is 0 Å². The van der Waals surface area contributed by atoms with Crippen molar-refractivity contribution in [3.63, 3.8) is 0 Å². The third-order valence-electron chi connectivity index (χ3n) is 1.30. The topological polar surface area (TPSA) is 152 Å². The van der Waals surface area contributed by atoms with Crippen LogP contribution in [0, 0.1) is 0 Å². The molecule has 0 unspecified atom stereocenters. The first-order valence-electron chi connectivity index (χ1n) is 3.75. The van der Waals surface area contributed by atoms with Crippen LogP contribution < -0.4 is 5.73 Å². The van der Waals surface area contributed by atoms with E-state index < -0.39 is 10.4 Å². The first-order chi connectivity index (χ1) is 7.38. The van der Waals surface area contributed by atoms with E-state index in [0.29, 0.717) is 17.0 Å². The Morgan fingerprint density at radius 1 is 1.06 bits per heavy atom. The smallest absolute Gasteiger partial charge is 0.382 e. The SMILES string of the molecule is Nc1ncnc2nccnc12.O=S(=O)(O)O. The van der Waals surface area contributed by atoms with Crippen LogP contribution in [0.3, 0.4) is 0 Å². The quantitative estimate of drug-likeness (QED) is 0.513. The molecule has 0 amide bonds. The van der Waals surface area contributed by atoms with E-state index in [4.69, 9.17) is 23.3 Å². The Morgan fingerprint density at radius 2 is 1.62 bits per heavy atom. The molecule has 16 heavy (non-hydrogen) atoms. The van der Waals surface area contributed by atoms with Gasteiger partial charge in [0.05, 0.1) is 0 Å². The van der Waals surface area contributed by atoms with Crippen LogP contribution in [0.2, 0.25) is 0 Å². The molecule has 0 aliphatic rings. The maximum atomic E-state index is 8.74. The number of nitrogen functional groups attached to an aromatic ring is 1. The molecule has 86 valence electrons. The Kier molecular flexibility index (Phi) is 3.60. The standard InChI is InChI=1S/C6H5N5.H2O4S/c7-5-4-6(11-3-10-5)9-2-1-8-4;1-5(2,3)4/h1-3H,(H2,7,9,10,11);(H2,1,2,3,4). The van der Waals surface area contributed by atoms with Crippen molar-refractivity contribution < 1.29 is 17.5 Å². The molecule has 10 heteroatoms. The van der Waals surface area contributed by atoms with Crippen molar-refractivity contribution in [2.75, 3.05) is 5.73 Å². The van der Waals surface area contributed by atoms with E-state index in [1.165, 1.54) is 6.33 Å². The molecule has 0 aliphatic carbocycles. The lowest BCUT2D eigenvalue weighted by atomic mass is 10.5. The lowest BCUT2D eigenvalue weighted by Gasteiger charge is -1.94. The normalized spacial score (nSPS) is 10.6. The summed E-state index contributed by atoms with van der Waals surface area (Å²) >= 11 is 0. The van der Waals surface area contributed by atoms with E-state index in [-0.39, 0.29) is 0 Å². The molecule has 0 spiro atoms. The highest BCUT2D eigenvalue weighted by Crippen LogP contribution is 2.08. The molecule has 4 N–H and O–H groups in total. The van der Waals surface area contributed by atoms with Crippen LogP contribution in [-0.2, 0) is 10.4 Å². The van der Waals surface area contributed by atoms with E-state index in [1.54, 1.807) is 12.4 Å². The maximum absolute atomic E-state index is 8.74. The van der Waals surface area contributed by atoms with Crippen LogP contribution in [-0.4, -0.2) is 37.5 Å². The van der Waals surface area contributed by atoms with E-state index in [9.17, 15) is 0 Å². The number of rotatable bonds is 0. The van der Waals surface area contributed by atoms with Crippen molar-refractivity contribution in [1.82, 2.24) is 19.9 Å². The van der Waals surface area contributed by atoms with E-state index >= 15 is 0 Å². The number of hydrogen-bond acceptors (Lipinski definition) is 7. The molecule has 0 fully saturated rings. The second kappa shape index (κ2) is 4.74. The molecular weight excluding hydrogens is 238 g/mol. The van der Waals surface area contributed by atoms with Crippen LogP contribution in [0.15, 0.2) is 18.7 Å². The van der Waals surface area contributed by atoms with Crippen molar-refractivity contribution >= 4 is 27.4 Å². The van der Waals surface area contributed by atoms with Crippen molar-refractivity contribution in [3.05, 3.63) is 18.7 Å². The predicted octanol–water partition coefficient (Wildman–Crippen LogP) is -0.651. The van der Waals surface area contributed by atoms with Crippen molar-refractivity contribution in [1.29, 1.82) is 0 Å². The summed E-state index contributed by atoms with van der Waals surface area (Å²) in [4.78, 5) is 15.6. The summed E-state index contributed by atoms with van der Waals surface area (Å²) in [6.07, 6.45) is 4.49. The lowest BCUT2D eigenvalue weighted by molar-refractivity contribution is 0.381. The number of anilines is 1. The van der Waals surface area contributed by atoms with Crippen molar-refractivity contribution in [3.8, 4) is 0 Å². The molecule has 2 aromatic heterocycles. The number of nitrogens with zero attached hydrogens (tertiary/aromatic N) is 4. The number of aromatic nitrogens is 4. The molecular formula is C6H7N5O4S. The van der Waals surface area contributed by atoms with Gasteiger partial charge in [-0.1, -0.05) is 0 Å². The second-order valence-corrected chi connectivity index (χ2v) is 3.33. The van der Waals surface area contributed by atoms with Crippen LogP contribution in [0.5, 0.6) is 0 Å². The van der Waals surface area contributed by atoms with Gasteiger partial charge in [-0.05, 0) is 0 Å². The lowest BCUT2D eigenvalue weighted by Crippen LogP contribution is -1.95. The highest BCUT2D eigenvalue weighted by molar-refractivity contribution is 7.79. The van der Waals surface area contributed by atoms with Gasteiger partial charge in [-0.2, -0.15) is 8.42 Å². The van der Waals surface area contributed by atoms with Gasteiger partial charge in [0.2, 0.25) is 0 Å². The average molecular weight is 245 g/mol. The van der Waals surface area contributed by atoms with Gasteiger partial charge in [0.25, 0.3) is 0 Å². The minimum absolute atomic E-state index is 0.364. The number of hydrogen-bond donors (Lipinski definition) is 3. The summed E-state index contributed by atoms with van der Waals surface area (Å²) in [5.41, 5.74) is 6.58. The fourth-order valence-electron chi connectivity index (χ4n) is 0.813. The fourth-order valence-corrected chi connectivity index (χ4v) is 0.813. The van der Waals surface area contributed by atoms with Gasteiger partial charge in [0.15, 0.2) is 11.5 Å².